The monoisotopic (exact) mass is 296 g/mol. The third-order valence-electron chi connectivity index (χ3n) is 3.54. The van der Waals surface area contributed by atoms with Gasteiger partial charge in [0.05, 0.1) is 5.69 Å². The van der Waals surface area contributed by atoms with Crippen molar-refractivity contribution in [3.8, 4) is 0 Å². The van der Waals surface area contributed by atoms with Gasteiger partial charge < -0.3 is 14.3 Å². The topological polar surface area (TPSA) is 47.8 Å². The Morgan fingerprint density at radius 2 is 2.10 bits per heavy atom. The molecule has 2 aromatic heterocycles. The van der Waals surface area contributed by atoms with E-state index < -0.39 is 0 Å². The molecule has 2 rings (SSSR count). The highest BCUT2D eigenvalue weighted by Gasteiger charge is 2.14. The summed E-state index contributed by atoms with van der Waals surface area (Å²) in [4.78, 5) is 3.32. The van der Waals surface area contributed by atoms with Gasteiger partial charge in [0.2, 0.25) is 0 Å². The van der Waals surface area contributed by atoms with Crippen molar-refractivity contribution in [1.29, 1.82) is 0 Å². The maximum Gasteiger partial charge on any atom is 0.179 e. The highest BCUT2D eigenvalue weighted by Crippen LogP contribution is 2.19. The molecule has 0 atom stereocenters. The van der Waals surface area contributed by atoms with Gasteiger partial charge >= 0.3 is 0 Å². The van der Waals surface area contributed by atoms with Crippen LogP contribution in [0.25, 0.3) is 11.2 Å². The van der Waals surface area contributed by atoms with Crippen molar-refractivity contribution >= 4 is 23.4 Å². The van der Waals surface area contributed by atoms with E-state index in [-0.39, 0.29) is 0 Å². The summed E-state index contributed by atoms with van der Waals surface area (Å²) in [6.45, 7) is 3.94. The predicted molar refractivity (Wildman–Crippen MR) is 83.6 cm³/mol. The Morgan fingerprint density at radius 1 is 1.30 bits per heavy atom. The fraction of sp³-hybridized carbons (Fsp3) is 0.714. The lowest BCUT2D eigenvalue weighted by atomic mass is 10.2. The third kappa shape index (κ3) is 3.12. The molecular weight excluding hydrogens is 272 g/mol. The van der Waals surface area contributed by atoms with Crippen LogP contribution < -0.4 is 0 Å². The van der Waals surface area contributed by atoms with Gasteiger partial charge in [0.25, 0.3) is 0 Å². The number of hydrogen-bond donors (Lipinski definition) is 1. The van der Waals surface area contributed by atoms with Crippen LogP contribution in [0.3, 0.4) is 0 Å². The Balaban J connectivity index is 2.16. The molecule has 0 unspecified atom stereocenters. The number of aromatic amines is 1. The lowest BCUT2D eigenvalue weighted by molar-refractivity contribution is 0.191. The number of unbranched alkanes of at least 4 members (excludes halogenated alkanes) is 2. The van der Waals surface area contributed by atoms with Crippen LogP contribution in [0, 0.1) is 4.77 Å². The fourth-order valence-electron chi connectivity index (χ4n) is 2.59. The molecule has 0 aliphatic heterocycles. The summed E-state index contributed by atoms with van der Waals surface area (Å²) in [5.41, 5.74) is 3.34. The number of H-pyrrole nitrogens is 1. The van der Waals surface area contributed by atoms with Crippen molar-refractivity contribution in [2.45, 2.75) is 45.6 Å². The zero-order valence-corrected chi connectivity index (χ0v) is 13.4. The summed E-state index contributed by atoms with van der Waals surface area (Å²) < 4.78 is 9.99. The molecule has 0 aromatic carbocycles. The Labute approximate surface area is 124 Å². The minimum absolute atomic E-state index is 0.803. The van der Waals surface area contributed by atoms with Crippen molar-refractivity contribution in [2.75, 3.05) is 13.7 Å². The van der Waals surface area contributed by atoms with Crippen LogP contribution >= 0.6 is 12.2 Å². The highest BCUT2D eigenvalue weighted by atomic mass is 32.1. The van der Waals surface area contributed by atoms with Crippen LogP contribution in [0.2, 0.25) is 0 Å². The largest absolute Gasteiger partial charge is 0.385 e. The normalized spacial score (nSPS) is 11.6. The number of rotatable bonds is 8. The number of nitrogens with one attached hydrogen (secondary N) is 1. The van der Waals surface area contributed by atoms with Gasteiger partial charge in [-0.2, -0.15) is 5.10 Å². The summed E-state index contributed by atoms with van der Waals surface area (Å²) >= 11 is 5.45. The average Bonchev–Trinajstić information content (AvgIpc) is 2.89. The summed E-state index contributed by atoms with van der Waals surface area (Å²) in [6, 6.07) is 0. The Hall–Kier alpha value is -1.14. The number of ether oxygens (including phenoxy) is 1. The number of nitrogens with zero attached hydrogens (tertiary/aromatic N) is 3. The molecule has 0 radical (unpaired) electrons. The smallest absolute Gasteiger partial charge is 0.179 e. The maximum atomic E-state index is 5.45. The minimum Gasteiger partial charge on any atom is -0.385 e. The molecule has 0 aliphatic carbocycles. The van der Waals surface area contributed by atoms with Crippen LogP contribution in [0.4, 0.5) is 0 Å². The number of methoxy groups -OCH3 is 1. The molecule has 1 N–H and O–H groups in total. The van der Waals surface area contributed by atoms with Crippen molar-refractivity contribution in [3.05, 3.63) is 10.5 Å². The summed E-state index contributed by atoms with van der Waals surface area (Å²) in [6.07, 6.45) is 5.44. The van der Waals surface area contributed by atoms with Gasteiger partial charge in [0, 0.05) is 27.3 Å². The lowest BCUT2D eigenvalue weighted by Crippen LogP contribution is -2.04. The van der Waals surface area contributed by atoms with Crippen LogP contribution in [0.1, 0.15) is 38.3 Å². The predicted octanol–water partition coefficient (Wildman–Crippen LogP) is 3.20. The molecule has 0 aliphatic rings. The molecule has 0 saturated heterocycles. The summed E-state index contributed by atoms with van der Waals surface area (Å²) in [5.74, 6) is 0. The van der Waals surface area contributed by atoms with E-state index >= 15 is 0 Å². The Kier molecular flexibility index (Phi) is 5.37. The fourth-order valence-corrected chi connectivity index (χ4v) is 2.87. The number of aromatic nitrogens is 4. The zero-order chi connectivity index (χ0) is 14.5. The second-order valence-electron chi connectivity index (χ2n) is 5.15. The molecular formula is C14H24N4OS. The Morgan fingerprint density at radius 3 is 2.80 bits per heavy atom. The van der Waals surface area contributed by atoms with Gasteiger partial charge in [-0.3, -0.25) is 4.68 Å². The molecule has 2 heterocycles. The molecule has 0 saturated carbocycles. The van der Waals surface area contributed by atoms with E-state index in [1.54, 1.807) is 7.11 Å². The molecule has 5 nitrogen and oxygen atoms in total. The van der Waals surface area contributed by atoms with E-state index in [0.29, 0.717) is 0 Å². The first-order valence-electron chi connectivity index (χ1n) is 7.32. The molecule has 20 heavy (non-hydrogen) atoms. The summed E-state index contributed by atoms with van der Waals surface area (Å²) in [5, 5.41) is 4.60. The van der Waals surface area contributed by atoms with Gasteiger partial charge in [-0.1, -0.05) is 13.3 Å². The highest BCUT2D eigenvalue weighted by molar-refractivity contribution is 7.71. The standard InChI is InChI=1S/C14H24N4OS/c1-4-8-11-12-13(17(2)16-11)18(14(20)15-12)9-6-5-7-10-19-3/h4-10H2,1-3H3,(H,15,20). The third-order valence-corrected chi connectivity index (χ3v) is 3.86. The molecule has 0 amide bonds. The number of fused-ring (bicyclic) bond motifs is 1. The Bertz CT molecular complexity index is 610. The van der Waals surface area contributed by atoms with Crippen LogP contribution in [-0.2, 0) is 24.8 Å². The lowest BCUT2D eigenvalue weighted by Gasteiger charge is -2.04. The van der Waals surface area contributed by atoms with Crippen LogP contribution in [0.5, 0.6) is 0 Å². The number of hydrogen-bond acceptors (Lipinski definition) is 3. The number of aryl methyl sites for hydroxylation is 3. The summed E-state index contributed by atoms with van der Waals surface area (Å²) in [7, 11) is 3.74. The minimum atomic E-state index is 0.803. The first kappa shape index (κ1) is 15.3. The van der Waals surface area contributed by atoms with Gasteiger partial charge in [-0.25, -0.2) is 0 Å². The van der Waals surface area contributed by atoms with Crippen molar-refractivity contribution < 1.29 is 4.74 Å². The maximum absolute atomic E-state index is 5.45. The van der Waals surface area contributed by atoms with Gasteiger partial charge in [-0.15, -0.1) is 0 Å². The molecule has 2 aromatic rings. The SMILES string of the molecule is CCCc1nn(C)c2c1[nH]c(=S)n2CCCCCOC. The van der Waals surface area contributed by atoms with Crippen LogP contribution in [-0.4, -0.2) is 33.0 Å². The average molecular weight is 296 g/mol. The van der Waals surface area contributed by atoms with Crippen LogP contribution in [0.15, 0.2) is 0 Å². The second-order valence-corrected chi connectivity index (χ2v) is 5.54. The number of imidazole rings is 1. The van der Waals surface area contributed by atoms with Crippen molar-refractivity contribution in [3.63, 3.8) is 0 Å². The first-order chi connectivity index (χ1) is 9.69. The molecule has 0 bridgehead atoms. The van der Waals surface area contributed by atoms with E-state index in [1.807, 2.05) is 11.7 Å². The van der Waals surface area contributed by atoms with E-state index in [2.05, 4.69) is 21.6 Å². The van der Waals surface area contributed by atoms with E-state index in [9.17, 15) is 0 Å². The van der Waals surface area contributed by atoms with E-state index in [1.165, 1.54) is 0 Å². The van der Waals surface area contributed by atoms with Gasteiger partial charge in [0.1, 0.15) is 5.52 Å². The second kappa shape index (κ2) is 7.04. The van der Waals surface area contributed by atoms with E-state index in [4.69, 9.17) is 17.0 Å². The molecule has 112 valence electrons. The zero-order valence-electron chi connectivity index (χ0n) is 12.6. The van der Waals surface area contributed by atoms with Gasteiger partial charge in [-0.05, 0) is 37.9 Å². The molecule has 0 spiro atoms. The van der Waals surface area contributed by atoms with Crippen molar-refractivity contribution in [1.82, 2.24) is 19.3 Å². The molecule has 6 heteroatoms. The van der Waals surface area contributed by atoms with Crippen molar-refractivity contribution in [2.24, 2.45) is 7.05 Å². The molecule has 0 fully saturated rings. The van der Waals surface area contributed by atoms with Gasteiger partial charge in [0.15, 0.2) is 10.4 Å². The van der Waals surface area contributed by atoms with E-state index in [0.717, 1.165) is 66.9 Å². The first-order valence-corrected chi connectivity index (χ1v) is 7.73. The quantitative estimate of drug-likeness (QED) is 0.601.